The summed E-state index contributed by atoms with van der Waals surface area (Å²) < 4.78 is 40.3. The first-order valence-corrected chi connectivity index (χ1v) is 9.56. The Bertz CT molecular complexity index is 1190. The first-order valence-electron chi connectivity index (χ1n) is 8.12. The zero-order valence-corrected chi connectivity index (χ0v) is 14.8. The molecule has 134 valence electrons. The number of hydrogen-bond acceptors (Lipinski definition) is 4. The number of pyridine rings is 1. The molecule has 2 aromatic heterocycles. The van der Waals surface area contributed by atoms with Crippen LogP contribution in [0.3, 0.4) is 0 Å². The van der Waals surface area contributed by atoms with E-state index in [0.29, 0.717) is 22.4 Å². The fraction of sp³-hybridized carbons (Fsp3) is 0. The van der Waals surface area contributed by atoms with Gasteiger partial charge in [0.25, 0.3) is 10.0 Å². The van der Waals surface area contributed by atoms with Crippen molar-refractivity contribution in [1.82, 2.24) is 14.2 Å². The van der Waals surface area contributed by atoms with Crippen molar-refractivity contribution in [1.29, 1.82) is 0 Å². The molecule has 0 aliphatic carbocycles. The third kappa shape index (κ3) is 3.37. The molecular weight excluding hydrogens is 365 g/mol. The highest BCUT2D eigenvalue weighted by Crippen LogP contribution is 2.27. The average molecular weight is 379 g/mol. The molecule has 0 saturated heterocycles. The Morgan fingerprint density at radius 1 is 0.852 bits per heavy atom. The van der Waals surface area contributed by atoms with Gasteiger partial charge in [-0.25, -0.2) is 4.39 Å². The highest BCUT2D eigenvalue weighted by molar-refractivity contribution is 7.89. The van der Waals surface area contributed by atoms with E-state index in [-0.39, 0.29) is 4.90 Å². The molecule has 5 nitrogen and oxygen atoms in total. The van der Waals surface area contributed by atoms with Crippen LogP contribution in [-0.4, -0.2) is 22.6 Å². The molecule has 4 rings (SSSR count). The molecule has 0 fully saturated rings. The second-order valence-electron chi connectivity index (χ2n) is 5.86. The van der Waals surface area contributed by atoms with Gasteiger partial charge in [0, 0.05) is 17.3 Å². The van der Waals surface area contributed by atoms with E-state index in [4.69, 9.17) is 0 Å². The van der Waals surface area contributed by atoms with E-state index >= 15 is 0 Å². The monoisotopic (exact) mass is 379 g/mol. The zero-order valence-electron chi connectivity index (χ0n) is 14.0. The second-order valence-corrected chi connectivity index (χ2v) is 7.66. The maximum Gasteiger partial charge on any atom is 0.282 e. The van der Waals surface area contributed by atoms with E-state index in [0.717, 1.165) is 4.09 Å². The van der Waals surface area contributed by atoms with Crippen molar-refractivity contribution < 1.29 is 12.8 Å². The molecule has 0 bridgehead atoms. The summed E-state index contributed by atoms with van der Waals surface area (Å²) >= 11 is 0. The number of halogens is 1. The Kier molecular flexibility index (Phi) is 4.29. The maximum atomic E-state index is 14.1. The van der Waals surface area contributed by atoms with Crippen LogP contribution in [0.1, 0.15) is 0 Å². The van der Waals surface area contributed by atoms with E-state index in [1.54, 1.807) is 42.6 Å². The van der Waals surface area contributed by atoms with Crippen LogP contribution in [0.25, 0.3) is 22.4 Å². The summed E-state index contributed by atoms with van der Waals surface area (Å²) in [5.74, 6) is -0.438. The lowest BCUT2D eigenvalue weighted by Crippen LogP contribution is -2.13. The number of nitrogens with zero attached hydrogens (tertiary/aromatic N) is 3. The number of rotatable bonds is 4. The van der Waals surface area contributed by atoms with Crippen molar-refractivity contribution >= 4 is 10.0 Å². The van der Waals surface area contributed by atoms with Crippen LogP contribution in [-0.2, 0) is 10.0 Å². The van der Waals surface area contributed by atoms with Crippen LogP contribution in [0.2, 0.25) is 0 Å². The van der Waals surface area contributed by atoms with Crippen LogP contribution in [0.15, 0.2) is 90.2 Å². The summed E-state index contributed by atoms with van der Waals surface area (Å²) in [6.45, 7) is 0. The van der Waals surface area contributed by atoms with Crippen molar-refractivity contribution in [3.63, 3.8) is 0 Å². The Morgan fingerprint density at radius 2 is 1.59 bits per heavy atom. The van der Waals surface area contributed by atoms with Gasteiger partial charge < -0.3 is 0 Å². The summed E-state index contributed by atoms with van der Waals surface area (Å²) in [6, 6.07) is 17.9. The number of hydrogen-bond donors (Lipinski definition) is 0. The van der Waals surface area contributed by atoms with Crippen LogP contribution in [0.5, 0.6) is 0 Å². The van der Waals surface area contributed by atoms with E-state index in [2.05, 4.69) is 10.1 Å². The highest BCUT2D eigenvalue weighted by Gasteiger charge is 2.18. The fourth-order valence-corrected chi connectivity index (χ4v) is 3.86. The van der Waals surface area contributed by atoms with E-state index in [1.165, 1.54) is 36.7 Å². The number of benzene rings is 2. The molecule has 7 heteroatoms. The zero-order chi connectivity index (χ0) is 18.9. The van der Waals surface area contributed by atoms with Crippen molar-refractivity contribution in [2.24, 2.45) is 0 Å². The van der Waals surface area contributed by atoms with Gasteiger partial charge in [0.1, 0.15) is 5.82 Å². The molecule has 4 aromatic rings. The predicted octanol–water partition coefficient (Wildman–Crippen LogP) is 3.99. The van der Waals surface area contributed by atoms with E-state index < -0.39 is 15.8 Å². The first-order chi connectivity index (χ1) is 13.0. The number of aromatic nitrogens is 3. The molecule has 0 unspecified atom stereocenters. The molecule has 2 aromatic carbocycles. The molecule has 27 heavy (non-hydrogen) atoms. The van der Waals surface area contributed by atoms with E-state index in [9.17, 15) is 12.8 Å². The summed E-state index contributed by atoms with van der Waals surface area (Å²) in [6.07, 6.45) is 4.40. The second kappa shape index (κ2) is 6.77. The summed E-state index contributed by atoms with van der Waals surface area (Å²) in [5, 5.41) is 3.96. The van der Waals surface area contributed by atoms with Gasteiger partial charge in [-0.2, -0.15) is 17.6 Å². The van der Waals surface area contributed by atoms with Gasteiger partial charge in [0.15, 0.2) is 0 Å². The molecule has 2 heterocycles. The molecule has 0 amide bonds. The highest BCUT2D eigenvalue weighted by atomic mass is 32.2. The SMILES string of the molecule is O=S(=O)(c1ccccc1)n1cc(-c2cc(F)cc(-c3ccccn3)c2)cn1. The molecule has 0 atom stereocenters. The topological polar surface area (TPSA) is 64.8 Å². The van der Waals surface area contributed by atoms with Crippen molar-refractivity contribution in [3.8, 4) is 22.4 Å². The predicted molar refractivity (Wildman–Crippen MR) is 99.9 cm³/mol. The Morgan fingerprint density at radius 3 is 2.33 bits per heavy atom. The largest absolute Gasteiger partial charge is 0.282 e. The van der Waals surface area contributed by atoms with Gasteiger partial charge in [-0.15, -0.1) is 0 Å². The first kappa shape index (κ1) is 17.1. The minimum Gasteiger partial charge on any atom is -0.256 e. The maximum absolute atomic E-state index is 14.1. The Balaban J connectivity index is 1.75. The minimum atomic E-state index is -3.80. The van der Waals surface area contributed by atoms with Crippen molar-refractivity contribution in [2.75, 3.05) is 0 Å². The van der Waals surface area contributed by atoms with Crippen molar-refractivity contribution in [2.45, 2.75) is 4.90 Å². The van der Waals surface area contributed by atoms with Crippen LogP contribution in [0.4, 0.5) is 4.39 Å². The molecule has 0 aliphatic heterocycles. The van der Waals surface area contributed by atoms with Crippen LogP contribution in [0, 0.1) is 5.82 Å². The van der Waals surface area contributed by atoms with Gasteiger partial charge in [0.05, 0.1) is 23.0 Å². The van der Waals surface area contributed by atoms with Gasteiger partial charge in [-0.05, 0) is 48.0 Å². The molecule has 0 aliphatic rings. The van der Waals surface area contributed by atoms with Gasteiger partial charge in [-0.3, -0.25) is 4.98 Å². The lowest BCUT2D eigenvalue weighted by molar-refractivity contribution is 0.580. The van der Waals surface area contributed by atoms with E-state index in [1.807, 2.05) is 6.07 Å². The Hall–Kier alpha value is -3.32. The van der Waals surface area contributed by atoms with Crippen LogP contribution >= 0.6 is 0 Å². The van der Waals surface area contributed by atoms with Gasteiger partial charge in [-0.1, -0.05) is 24.3 Å². The quantitative estimate of drug-likeness (QED) is 0.538. The van der Waals surface area contributed by atoms with Crippen molar-refractivity contribution in [3.05, 3.63) is 91.1 Å². The molecule has 0 saturated carbocycles. The lowest BCUT2D eigenvalue weighted by atomic mass is 10.0. The molecule has 0 N–H and O–H groups in total. The third-order valence-corrected chi connectivity index (χ3v) is 5.60. The summed E-state index contributed by atoms with van der Waals surface area (Å²) in [7, 11) is -3.80. The molecule has 0 spiro atoms. The van der Waals surface area contributed by atoms with Crippen LogP contribution < -0.4 is 0 Å². The molecule has 0 radical (unpaired) electrons. The smallest absolute Gasteiger partial charge is 0.256 e. The fourth-order valence-electron chi connectivity index (χ4n) is 2.72. The summed E-state index contributed by atoms with van der Waals surface area (Å²) in [4.78, 5) is 4.36. The molecular formula is C20H14FN3O2S. The average Bonchev–Trinajstić information content (AvgIpc) is 3.20. The van der Waals surface area contributed by atoms with Gasteiger partial charge in [0.2, 0.25) is 0 Å². The minimum absolute atomic E-state index is 0.132. The van der Waals surface area contributed by atoms with Gasteiger partial charge >= 0.3 is 0 Å². The lowest BCUT2D eigenvalue weighted by Gasteiger charge is -2.05. The standard InChI is InChI=1S/C20H14FN3O2S/c21-18-11-15(10-16(12-18)20-8-4-5-9-22-20)17-13-23-24(14-17)27(25,26)19-6-2-1-3-7-19/h1-14H. The third-order valence-electron chi connectivity index (χ3n) is 4.04. The summed E-state index contributed by atoms with van der Waals surface area (Å²) in [5.41, 5.74) is 2.24. The normalized spacial score (nSPS) is 11.4. The Labute approximate surface area is 155 Å².